The first-order valence-corrected chi connectivity index (χ1v) is 9.60. The lowest BCUT2D eigenvalue weighted by Crippen LogP contribution is -2.24. The van der Waals surface area contributed by atoms with Crippen molar-refractivity contribution in [2.75, 3.05) is 20.8 Å². The number of rotatable bonds is 10. The number of amides is 1. The molecule has 1 amide bonds. The fourth-order valence-electron chi connectivity index (χ4n) is 3.24. The first kappa shape index (κ1) is 19.7. The van der Waals surface area contributed by atoms with Crippen LogP contribution in [0.5, 0.6) is 11.5 Å². The molecule has 0 spiro atoms. The molecule has 0 bridgehead atoms. The first-order valence-electron chi connectivity index (χ1n) is 9.60. The molecule has 6 heteroatoms. The van der Waals surface area contributed by atoms with Crippen LogP contribution in [0.1, 0.15) is 30.7 Å². The van der Waals surface area contributed by atoms with E-state index in [1.165, 1.54) is 0 Å². The molecule has 0 aliphatic carbocycles. The zero-order chi connectivity index (χ0) is 19.8. The van der Waals surface area contributed by atoms with Crippen LogP contribution in [-0.4, -0.2) is 36.1 Å². The summed E-state index contributed by atoms with van der Waals surface area (Å²) in [5.41, 5.74) is 2.23. The van der Waals surface area contributed by atoms with Crippen molar-refractivity contribution in [2.24, 2.45) is 0 Å². The molecule has 1 N–H and O–H groups in total. The Morgan fingerprint density at radius 1 is 1.07 bits per heavy atom. The average molecular weight is 381 g/mol. The van der Waals surface area contributed by atoms with E-state index in [-0.39, 0.29) is 5.91 Å². The van der Waals surface area contributed by atoms with Gasteiger partial charge in [0.15, 0.2) is 11.5 Å². The van der Waals surface area contributed by atoms with Crippen LogP contribution >= 0.6 is 0 Å². The largest absolute Gasteiger partial charge is 0.493 e. The fraction of sp³-hybridized carbons (Fsp3) is 0.364. The molecule has 0 fully saturated rings. The predicted molar refractivity (Wildman–Crippen MR) is 109 cm³/mol. The van der Waals surface area contributed by atoms with Crippen molar-refractivity contribution >= 4 is 11.4 Å². The highest BCUT2D eigenvalue weighted by molar-refractivity contribution is 5.75. The predicted octanol–water partition coefficient (Wildman–Crippen LogP) is 3.42. The molecule has 0 radical (unpaired) electrons. The normalized spacial score (nSPS) is 10.8. The van der Waals surface area contributed by atoms with E-state index in [0.717, 1.165) is 48.3 Å². The average Bonchev–Trinajstić information content (AvgIpc) is 3.14. The maximum atomic E-state index is 12.1. The van der Waals surface area contributed by atoms with Crippen LogP contribution in [0.3, 0.4) is 0 Å². The Morgan fingerprint density at radius 3 is 2.75 bits per heavy atom. The van der Waals surface area contributed by atoms with Crippen LogP contribution in [0.25, 0.3) is 5.52 Å². The van der Waals surface area contributed by atoms with Gasteiger partial charge < -0.3 is 19.2 Å². The minimum atomic E-state index is 0.0912. The molecule has 3 aromatic rings. The molecule has 0 saturated heterocycles. The topological polar surface area (TPSA) is 64.9 Å². The van der Waals surface area contributed by atoms with Gasteiger partial charge in [-0.15, -0.1) is 0 Å². The SMILES string of the molecule is COc1ccc(CCCC(=O)NCCCc2ncc3ccccn23)cc1OC. The molecule has 0 aliphatic rings. The molecule has 2 aromatic heterocycles. The van der Waals surface area contributed by atoms with Crippen molar-refractivity contribution in [1.82, 2.24) is 14.7 Å². The summed E-state index contributed by atoms with van der Waals surface area (Å²) in [4.78, 5) is 16.5. The van der Waals surface area contributed by atoms with E-state index in [2.05, 4.69) is 14.7 Å². The van der Waals surface area contributed by atoms with E-state index < -0.39 is 0 Å². The first-order chi connectivity index (χ1) is 13.7. The van der Waals surface area contributed by atoms with Crippen molar-refractivity contribution in [3.05, 3.63) is 60.2 Å². The third-order valence-electron chi connectivity index (χ3n) is 4.73. The molecule has 1 aromatic carbocycles. The molecular weight excluding hydrogens is 354 g/mol. The van der Waals surface area contributed by atoms with Crippen molar-refractivity contribution in [3.8, 4) is 11.5 Å². The van der Waals surface area contributed by atoms with Crippen molar-refractivity contribution in [3.63, 3.8) is 0 Å². The number of nitrogens with one attached hydrogen (secondary N) is 1. The number of fused-ring (bicyclic) bond motifs is 1. The number of hydrogen-bond acceptors (Lipinski definition) is 4. The number of nitrogens with zero attached hydrogens (tertiary/aromatic N) is 2. The number of aromatic nitrogens is 2. The van der Waals surface area contributed by atoms with Crippen LogP contribution in [0, 0.1) is 0 Å². The lowest BCUT2D eigenvalue weighted by molar-refractivity contribution is -0.121. The highest BCUT2D eigenvalue weighted by atomic mass is 16.5. The smallest absolute Gasteiger partial charge is 0.220 e. The van der Waals surface area contributed by atoms with E-state index in [1.54, 1.807) is 14.2 Å². The molecule has 148 valence electrons. The summed E-state index contributed by atoms with van der Waals surface area (Å²) >= 11 is 0. The van der Waals surface area contributed by atoms with Crippen molar-refractivity contribution in [2.45, 2.75) is 32.1 Å². The second-order valence-electron chi connectivity index (χ2n) is 6.67. The third kappa shape index (κ3) is 5.03. The van der Waals surface area contributed by atoms with Crippen molar-refractivity contribution < 1.29 is 14.3 Å². The Hall–Kier alpha value is -3.02. The van der Waals surface area contributed by atoms with Gasteiger partial charge in [0.05, 0.1) is 25.9 Å². The number of imidazole rings is 1. The standard InChI is InChI=1S/C22H27N3O3/c1-27-19-12-11-17(15-20(19)28-2)7-5-10-22(26)23-13-6-9-21-24-16-18-8-3-4-14-25(18)21/h3-4,8,11-12,14-16H,5-7,9-10,13H2,1-2H3,(H,23,26). The van der Waals surface area contributed by atoms with Gasteiger partial charge in [0.1, 0.15) is 5.82 Å². The molecule has 0 saturated carbocycles. The summed E-state index contributed by atoms with van der Waals surface area (Å²) in [6, 6.07) is 11.9. The van der Waals surface area contributed by atoms with E-state index >= 15 is 0 Å². The van der Waals surface area contributed by atoms with Crippen molar-refractivity contribution in [1.29, 1.82) is 0 Å². The Bertz CT molecular complexity index is 920. The Balaban J connectivity index is 1.36. The van der Waals surface area contributed by atoms with Gasteiger partial charge in [-0.25, -0.2) is 4.98 Å². The van der Waals surface area contributed by atoms with Gasteiger partial charge in [-0.05, 0) is 49.1 Å². The minimum Gasteiger partial charge on any atom is -0.493 e. The van der Waals surface area contributed by atoms with Crippen LogP contribution in [0.15, 0.2) is 48.8 Å². The van der Waals surface area contributed by atoms with Crippen LogP contribution in [0.2, 0.25) is 0 Å². The third-order valence-corrected chi connectivity index (χ3v) is 4.73. The molecule has 0 unspecified atom stereocenters. The number of pyridine rings is 1. The monoisotopic (exact) mass is 381 g/mol. The van der Waals surface area contributed by atoms with Gasteiger partial charge in [0.25, 0.3) is 0 Å². The number of carbonyl (C=O) groups excluding carboxylic acids is 1. The number of ether oxygens (including phenoxy) is 2. The zero-order valence-electron chi connectivity index (χ0n) is 16.5. The van der Waals surface area contributed by atoms with E-state index in [9.17, 15) is 4.79 Å². The minimum absolute atomic E-state index is 0.0912. The molecule has 28 heavy (non-hydrogen) atoms. The molecule has 3 rings (SSSR count). The Kier molecular flexibility index (Phi) is 6.89. The second-order valence-corrected chi connectivity index (χ2v) is 6.67. The molecule has 0 aliphatic heterocycles. The molecule has 6 nitrogen and oxygen atoms in total. The number of methoxy groups -OCH3 is 2. The van der Waals surface area contributed by atoms with Gasteiger partial charge in [0.2, 0.25) is 5.91 Å². The lowest BCUT2D eigenvalue weighted by Gasteiger charge is -2.09. The van der Waals surface area contributed by atoms with Gasteiger partial charge in [-0.3, -0.25) is 4.79 Å². The van der Waals surface area contributed by atoms with Gasteiger partial charge in [-0.2, -0.15) is 0 Å². The highest BCUT2D eigenvalue weighted by Gasteiger charge is 2.07. The van der Waals surface area contributed by atoms with Crippen LogP contribution in [0.4, 0.5) is 0 Å². The number of hydrogen-bond donors (Lipinski definition) is 1. The molecule has 2 heterocycles. The number of carbonyl (C=O) groups is 1. The Labute approximate surface area is 165 Å². The summed E-state index contributed by atoms with van der Waals surface area (Å²) in [5.74, 6) is 2.55. The summed E-state index contributed by atoms with van der Waals surface area (Å²) in [5, 5.41) is 3.00. The fourth-order valence-corrected chi connectivity index (χ4v) is 3.24. The lowest BCUT2D eigenvalue weighted by atomic mass is 10.1. The van der Waals surface area contributed by atoms with E-state index in [0.29, 0.717) is 18.7 Å². The van der Waals surface area contributed by atoms with Gasteiger partial charge >= 0.3 is 0 Å². The summed E-state index contributed by atoms with van der Waals surface area (Å²) in [7, 11) is 3.25. The maximum Gasteiger partial charge on any atom is 0.220 e. The number of benzene rings is 1. The van der Waals surface area contributed by atoms with E-state index in [1.807, 2.05) is 48.8 Å². The highest BCUT2D eigenvalue weighted by Crippen LogP contribution is 2.28. The number of aryl methyl sites for hydroxylation is 2. The van der Waals surface area contributed by atoms with Gasteiger partial charge in [0, 0.05) is 25.6 Å². The zero-order valence-corrected chi connectivity index (χ0v) is 16.5. The maximum absolute atomic E-state index is 12.1. The second kappa shape index (κ2) is 9.78. The Morgan fingerprint density at radius 2 is 1.93 bits per heavy atom. The quantitative estimate of drug-likeness (QED) is 0.547. The summed E-state index contributed by atoms with van der Waals surface area (Å²) < 4.78 is 12.6. The summed E-state index contributed by atoms with van der Waals surface area (Å²) in [6.45, 7) is 0.664. The van der Waals surface area contributed by atoms with Crippen LogP contribution < -0.4 is 14.8 Å². The summed E-state index contributed by atoms with van der Waals surface area (Å²) in [6.07, 6.45) is 7.74. The molecule has 0 atom stereocenters. The van der Waals surface area contributed by atoms with Gasteiger partial charge in [-0.1, -0.05) is 12.1 Å². The van der Waals surface area contributed by atoms with E-state index in [4.69, 9.17) is 9.47 Å². The molecular formula is C22H27N3O3. The van der Waals surface area contributed by atoms with Crippen LogP contribution in [-0.2, 0) is 17.6 Å².